The lowest BCUT2D eigenvalue weighted by atomic mass is 10.1. The number of amides is 2. The first kappa shape index (κ1) is 17.8. The van der Waals surface area contributed by atoms with Gasteiger partial charge in [-0.05, 0) is 50.4 Å². The molecule has 7 heteroatoms. The summed E-state index contributed by atoms with van der Waals surface area (Å²) in [7, 11) is 0. The van der Waals surface area contributed by atoms with Gasteiger partial charge in [0.05, 0.1) is 16.7 Å². The van der Waals surface area contributed by atoms with Crippen LogP contribution in [0.3, 0.4) is 0 Å². The highest BCUT2D eigenvalue weighted by atomic mass is 32.2. The van der Waals surface area contributed by atoms with Gasteiger partial charge in [0.25, 0.3) is 11.8 Å². The van der Waals surface area contributed by atoms with Gasteiger partial charge in [0.1, 0.15) is 5.75 Å². The number of carbonyl (C=O) groups excluding carboxylic acids is 2. The molecule has 1 heterocycles. The molecule has 0 saturated heterocycles. The van der Waals surface area contributed by atoms with Crippen molar-refractivity contribution in [3.63, 3.8) is 0 Å². The van der Waals surface area contributed by atoms with Gasteiger partial charge in [0, 0.05) is 17.4 Å². The van der Waals surface area contributed by atoms with E-state index in [1.165, 1.54) is 17.8 Å². The summed E-state index contributed by atoms with van der Waals surface area (Å²) in [6, 6.07) is 8.12. The van der Waals surface area contributed by atoms with E-state index in [2.05, 4.69) is 10.3 Å². The van der Waals surface area contributed by atoms with Crippen molar-refractivity contribution in [3.05, 3.63) is 47.7 Å². The number of pyridine rings is 1. The minimum Gasteiger partial charge on any atom is -0.490 e. The van der Waals surface area contributed by atoms with Gasteiger partial charge in [-0.25, -0.2) is 4.98 Å². The predicted molar refractivity (Wildman–Crippen MR) is 94.7 cm³/mol. The number of benzene rings is 1. The maximum absolute atomic E-state index is 12.3. The number of nitrogens with zero attached hydrogens (tertiary/aromatic N) is 1. The molecule has 24 heavy (non-hydrogen) atoms. The highest BCUT2D eigenvalue weighted by molar-refractivity contribution is 7.98. The van der Waals surface area contributed by atoms with Crippen LogP contribution in [0.5, 0.6) is 5.75 Å². The molecular formula is C17H19N3O3S. The first-order chi connectivity index (χ1) is 11.4. The highest BCUT2D eigenvalue weighted by Crippen LogP contribution is 2.24. The van der Waals surface area contributed by atoms with Crippen molar-refractivity contribution in [1.82, 2.24) is 4.98 Å². The summed E-state index contributed by atoms with van der Waals surface area (Å²) in [5, 5.41) is 3.50. The molecule has 0 aliphatic heterocycles. The molecule has 0 radical (unpaired) electrons. The highest BCUT2D eigenvalue weighted by Gasteiger charge is 2.14. The van der Waals surface area contributed by atoms with Crippen molar-refractivity contribution in [2.24, 2.45) is 5.73 Å². The molecule has 0 saturated carbocycles. The van der Waals surface area contributed by atoms with E-state index in [-0.39, 0.29) is 17.6 Å². The third kappa shape index (κ3) is 4.48. The number of nitrogens with two attached hydrogens (primary N) is 1. The maximum Gasteiger partial charge on any atom is 0.255 e. The van der Waals surface area contributed by atoms with Gasteiger partial charge in [0.2, 0.25) is 0 Å². The van der Waals surface area contributed by atoms with Gasteiger partial charge in [-0.3, -0.25) is 9.59 Å². The van der Waals surface area contributed by atoms with Crippen LogP contribution in [-0.4, -0.2) is 29.2 Å². The molecule has 0 unspecified atom stereocenters. The molecule has 6 nitrogen and oxygen atoms in total. The van der Waals surface area contributed by atoms with Crippen LogP contribution in [0.25, 0.3) is 0 Å². The van der Waals surface area contributed by atoms with E-state index < -0.39 is 5.91 Å². The minimum absolute atomic E-state index is 0.0923. The van der Waals surface area contributed by atoms with Crippen molar-refractivity contribution in [2.75, 3.05) is 11.6 Å². The second kappa shape index (κ2) is 7.83. The van der Waals surface area contributed by atoms with Gasteiger partial charge in [-0.2, -0.15) is 0 Å². The molecule has 0 spiro atoms. The van der Waals surface area contributed by atoms with Gasteiger partial charge in [-0.1, -0.05) is 0 Å². The Hall–Kier alpha value is -2.54. The molecule has 0 atom stereocenters. The number of rotatable bonds is 6. The number of primary amides is 1. The van der Waals surface area contributed by atoms with Gasteiger partial charge < -0.3 is 15.8 Å². The first-order valence-electron chi connectivity index (χ1n) is 7.32. The van der Waals surface area contributed by atoms with Crippen LogP contribution >= 0.6 is 11.8 Å². The van der Waals surface area contributed by atoms with Gasteiger partial charge >= 0.3 is 0 Å². The molecular weight excluding hydrogens is 326 g/mol. The number of nitrogens with one attached hydrogen (secondary N) is 1. The van der Waals surface area contributed by atoms with Crippen LogP contribution in [0.2, 0.25) is 0 Å². The quantitative estimate of drug-likeness (QED) is 0.785. The van der Waals surface area contributed by atoms with Gasteiger partial charge in [-0.15, -0.1) is 11.8 Å². The summed E-state index contributed by atoms with van der Waals surface area (Å²) < 4.78 is 5.56. The van der Waals surface area contributed by atoms with E-state index in [0.29, 0.717) is 17.0 Å². The van der Waals surface area contributed by atoms with Crippen molar-refractivity contribution in [1.29, 1.82) is 0 Å². The van der Waals surface area contributed by atoms with E-state index in [1.807, 2.05) is 20.1 Å². The summed E-state index contributed by atoms with van der Waals surface area (Å²) >= 11 is 1.45. The Morgan fingerprint density at radius 3 is 2.62 bits per heavy atom. The number of hydrogen-bond acceptors (Lipinski definition) is 5. The Labute approximate surface area is 144 Å². The Morgan fingerprint density at radius 2 is 2.00 bits per heavy atom. The Balaban J connectivity index is 2.24. The third-order valence-electron chi connectivity index (χ3n) is 3.07. The molecule has 0 fully saturated rings. The van der Waals surface area contributed by atoms with E-state index in [9.17, 15) is 9.59 Å². The lowest BCUT2D eigenvalue weighted by Gasteiger charge is -2.14. The summed E-state index contributed by atoms with van der Waals surface area (Å²) in [6.45, 7) is 3.71. The largest absolute Gasteiger partial charge is 0.490 e. The van der Waals surface area contributed by atoms with Crippen LogP contribution in [0, 0.1) is 0 Å². The monoisotopic (exact) mass is 345 g/mol. The summed E-state index contributed by atoms with van der Waals surface area (Å²) in [5.74, 6) is -0.514. The fourth-order valence-corrected chi connectivity index (χ4v) is 2.43. The zero-order chi connectivity index (χ0) is 17.7. The Bertz CT molecular complexity index is 762. The van der Waals surface area contributed by atoms with E-state index in [4.69, 9.17) is 10.5 Å². The second-order valence-corrected chi connectivity index (χ2v) is 6.11. The molecule has 1 aromatic carbocycles. The molecule has 126 valence electrons. The third-order valence-corrected chi connectivity index (χ3v) is 3.71. The first-order valence-corrected chi connectivity index (χ1v) is 8.55. The number of hydrogen-bond donors (Lipinski definition) is 2. The molecule has 0 bridgehead atoms. The van der Waals surface area contributed by atoms with E-state index in [0.717, 1.165) is 5.03 Å². The average Bonchev–Trinajstić information content (AvgIpc) is 2.55. The zero-order valence-electron chi connectivity index (χ0n) is 13.7. The summed E-state index contributed by atoms with van der Waals surface area (Å²) in [6.07, 6.45) is 3.37. The van der Waals surface area contributed by atoms with Crippen LogP contribution in [0.1, 0.15) is 34.6 Å². The summed E-state index contributed by atoms with van der Waals surface area (Å²) in [5.41, 5.74) is 6.57. The normalized spacial score (nSPS) is 10.5. The molecule has 2 amide bonds. The van der Waals surface area contributed by atoms with Crippen molar-refractivity contribution in [2.45, 2.75) is 25.0 Å². The maximum atomic E-state index is 12.3. The summed E-state index contributed by atoms with van der Waals surface area (Å²) in [4.78, 5) is 28.1. The molecule has 2 aromatic rings. The van der Waals surface area contributed by atoms with Crippen molar-refractivity contribution in [3.8, 4) is 5.75 Å². The number of thioether (sulfide) groups is 1. The number of aromatic nitrogens is 1. The van der Waals surface area contributed by atoms with Crippen molar-refractivity contribution >= 4 is 29.3 Å². The fraction of sp³-hybridized carbons (Fsp3) is 0.235. The zero-order valence-corrected chi connectivity index (χ0v) is 14.5. The lowest BCUT2D eigenvalue weighted by molar-refractivity contribution is 0.0990. The lowest BCUT2D eigenvalue weighted by Crippen LogP contribution is -2.17. The fourth-order valence-electron chi connectivity index (χ4n) is 2.02. The number of anilines is 1. The second-order valence-electron chi connectivity index (χ2n) is 5.28. The van der Waals surface area contributed by atoms with Crippen LogP contribution < -0.4 is 15.8 Å². The molecule has 3 N–H and O–H groups in total. The van der Waals surface area contributed by atoms with E-state index >= 15 is 0 Å². The van der Waals surface area contributed by atoms with Crippen LogP contribution in [0.15, 0.2) is 41.6 Å². The van der Waals surface area contributed by atoms with Gasteiger partial charge in [0.15, 0.2) is 0 Å². The molecule has 1 aromatic heterocycles. The van der Waals surface area contributed by atoms with Crippen molar-refractivity contribution < 1.29 is 14.3 Å². The Kier molecular flexibility index (Phi) is 5.81. The minimum atomic E-state index is -0.615. The molecule has 0 aliphatic carbocycles. The SMILES string of the molecule is CSc1cc(C(=O)Nc2ccc(OC(C)C)c(C(N)=O)c2)ccn1. The molecule has 0 aliphatic rings. The topological polar surface area (TPSA) is 94.3 Å². The van der Waals surface area contributed by atoms with Crippen LogP contribution in [-0.2, 0) is 0 Å². The predicted octanol–water partition coefficient (Wildman–Crippen LogP) is 2.94. The van der Waals surface area contributed by atoms with E-state index in [1.54, 1.807) is 30.5 Å². The average molecular weight is 345 g/mol. The van der Waals surface area contributed by atoms with Crippen LogP contribution in [0.4, 0.5) is 5.69 Å². The molecule has 2 rings (SSSR count). The number of ether oxygens (including phenoxy) is 1. The smallest absolute Gasteiger partial charge is 0.255 e. The standard InChI is InChI=1S/C17H19N3O3S/c1-10(2)23-14-5-4-12(9-13(14)16(18)21)20-17(22)11-6-7-19-15(8-11)24-3/h4-10H,1-3H3,(H2,18,21)(H,20,22). The number of carbonyl (C=O) groups is 2. The Morgan fingerprint density at radius 1 is 1.25 bits per heavy atom.